The largest absolute Gasteiger partial charge is 0.346 e. The molecule has 0 aliphatic heterocycles. The van der Waals surface area contributed by atoms with E-state index in [4.69, 9.17) is 5.73 Å². The van der Waals surface area contributed by atoms with Crippen LogP contribution in [0.5, 0.6) is 0 Å². The molecular formula is C14H20N3O2. The zero-order valence-corrected chi connectivity index (χ0v) is 11.3. The molecule has 0 bridgehead atoms. The Balaban J connectivity index is 2.32. The zero-order valence-electron chi connectivity index (χ0n) is 11.3. The fourth-order valence-electron chi connectivity index (χ4n) is 1.58. The minimum atomic E-state index is -0.573. The van der Waals surface area contributed by atoms with E-state index in [1.165, 1.54) is 0 Å². The molecule has 5 heteroatoms. The lowest BCUT2D eigenvalue weighted by atomic mass is 10.0. The molecule has 1 radical (unpaired) electrons. The fourth-order valence-corrected chi connectivity index (χ4v) is 1.58. The standard InChI is InChI=1S/C14H20N3O2/c1-10(2)8-12(15)14(19)16-9-13(18)17-11-6-4-3-5-7-11/h3-6,10,12H,8-9,15H2,1-2H3,(H,16,19)(H,17,18). The first-order chi connectivity index (χ1) is 8.99. The molecule has 1 atom stereocenters. The van der Waals surface area contributed by atoms with Crippen LogP contribution in [0.1, 0.15) is 20.3 Å². The van der Waals surface area contributed by atoms with Gasteiger partial charge in [0.1, 0.15) is 0 Å². The Kier molecular flexibility index (Phi) is 6.02. The van der Waals surface area contributed by atoms with Gasteiger partial charge in [-0.1, -0.05) is 32.0 Å². The lowest BCUT2D eigenvalue weighted by Gasteiger charge is -2.14. The van der Waals surface area contributed by atoms with E-state index < -0.39 is 6.04 Å². The van der Waals surface area contributed by atoms with E-state index in [-0.39, 0.29) is 18.4 Å². The van der Waals surface area contributed by atoms with Crippen LogP contribution in [0.4, 0.5) is 5.69 Å². The summed E-state index contributed by atoms with van der Waals surface area (Å²) in [5, 5.41) is 5.14. The van der Waals surface area contributed by atoms with Crippen LogP contribution in [0.25, 0.3) is 0 Å². The van der Waals surface area contributed by atoms with Gasteiger partial charge in [0.05, 0.1) is 12.6 Å². The molecule has 4 N–H and O–H groups in total. The molecular weight excluding hydrogens is 242 g/mol. The van der Waals surface area contributed by atoms with Crippen LogP contribution in [0.3, 0.4) is 0 Å². The molecule has 0 saturated carbocycles. The summed E-state index contributed by atoms with van der Waals surface area (Å²) in [7, 11) is 0. The lowest BCUT2D eigenvalue weighted by molar-refractivity contribution is -0.125. The van der Waals surface area contributed by atoms with Gasteiger partial charge in [-0.2, -0.15) is 0 Å². The second-order valence-corrected chi connectivity index (χ2v) is 4.78. The Labute approximate surface area is 113 Å². The van der Waals surface area contributed by atoms with E-state index in [0.29, 0.717) is 18.0 Å². The van der Waals surface area contributed by atoms with Crippen LogP contribution >= 0.6 is 0 Å². The third-order valence-corrected chi connectivity index (χ3v) is 2.47. The Morgan fingerprint density at radius 2 is 2.11 bits per heavy atom. The van der Waals surface area contributed by atoms with Gasteiger partial charge in [-0.15, -0.1) is 0 Å². The van der Waals surface area contributed by atoms with Gasteiger partial charge in [0.2, 0.25) is 11.8 Å². The van der Waals surface area contributed by atoms with E-state index in [9.17, 15) is 9.59 Å². The topological polar surface area (TPSA) is 84.2 Å². The van der Waals surface area contributed by atoms with Crippen molar-refractivity contribution >= 4 is 17.5 Å². The minimum Gasteiger partial charge on any atom is -0.346 e. The monoisotopic (exact) mass is 262 g/mol. The molecule has 0 aliphatic rings. The maximum Gasteiger partial charge on any atom is 0.243 e. The molecule has 0 aromatic heterocycles. The quantitative estimate of drug-likeness (QED) is 0.712. The van der Waals surface area contributed by atoms with Gasteiger partial charge < -0.3 is 16.4 Å². The van der Waals surface area contributed by atoms with E-state index in [0.717, 1.165) is 0 Å². The third kappa shape index (κ3) is 6.01. The van der Waals surface area contributed by atoms with Gasteiger partial charge >= 0.3 is 0 Å². The molecule has 19 heavy (non-hydrogen) atoms. The van der Waals surface area contributed by atoms with Crippen LogP contribution in [0.15, 0.2) is 24.3 Å². The number of carbonyl (C=O) groups excluding carboxylic acids is 2. The number of hydrogen-bond acceptors (Lipinski definition) is 3. The van der Waals surface area contributed by atoms with Gasteiger partial charge in [-0.3, -0.25) is 9.59 Å². The smallest absolute Gasteiger partial charge is 0.243 e. The van der Waals surface area contributed by atoms with E-state index in [1.54, 1.807) is 18.2 Å². The number of benzene rings is 1. The third-order valence-electron chi connectivity index (χ3n) is 2.47. The van der Waals surface area contributed by atoms with Crippen LogP contribution < -0.4 is 16.4 Å². The first kappa shape index (κ1) is 15.2. The molecule has 5 nitrogen and oxygen atoms in total. The molecule has 0 aliphatic carbocycles. The average molecular weight is 262 g/mol. The van der Waals surface area contributed by atoms with Gasteiger partial charge in [-0.25, -0.2) is 0 Å². The number of amides is 2. The Bertz CT molecular complexity index is 418. The summed E-state index contributed by atoms with van der Waals surface area (Å²) in [5.41, 5.74) is 6.28. The molecule has 1 aromatic rings. The molecule has 0 saturated heterocycles. The number of carbonyl (C=O) groups is 2. The number of nitrogens with two attached hydrogens (primary N) is 1. The molecule has 1 rings (SSSR count). The zero-order chi connectivity index (χ0) is 14.3. The summed E-state index contributed by atoms with van der Waals surface area (Å²) in [6.45, 7) is 3.89. The van der Waals surface area contributed by atoms with Gasteiger partial charge in [-0.05, 0) is 18.4 Å². The summed E-state index contributed by atoms with van der Waals surface area (Å²) in [4.78, 5) is 23.2. The summed E-state index contributed by atoms with van der Waals surface area (Å²) in [6, 6.07) is 9.32. The lowest BCUT2D eigenvalue weighted by Crippen LogP contribution is -2.44. The Hall–Kier alpha value is -1.88. The molecule has 0 spiro atoms. The van der Waals surface area contributed by atoms with Crippen molar-refractivity contribution in [3.05, 3.63) is 30.3 Å². The van der Waals surface area contributed by atoms with Crippen molar-refractivity contribution in [3.8, 4) is 0 Å². The van der Waals surface area contributed by atoms with Crippen molar-refractivity contribution in [2.75, 3.05) is 11.9 Å². The second kappa shape index (κ2) is 7.53. The summed E-state index contributed by atoms with van der Waals surface area (Å²) in [5.74, 6) is -0.262. The predicted molar refractivity (Wildman–Crippen MR) is 74.3 cm³/mol. The number of para-hydroxylation sites is 1. The number of nitrogens with one attached hydrogen (secondary N) is 2. The molecule has 0 fully saturated rings. The molecule has 103 valence electrons. The van der Waals surface area contributed by atoms with Crippen molar-refractivity contribution in [3.63, 3.8) is 0 Å². The highest BCUT2D eigenvalue weighted by atomic mass is 16.2. The molecule has 1 unspecified atom stereocenters. The average Bonchev–Trinajstić information content (AvgIpc) is 2.36. The van der Waals surface area contributed by atoms with Crippen LogP contribution in [0, 0.1) is 12.0 Å². The maximum absolute atomic E-state index is 11.6. The van der Waals surface area contributed by atoms with Crippen molar-refractivity contribution in [2.24, 2.45) is 11.7 Å². The first-order valence-electron chi connectivity index (χ1n) is 6.29. The number of hydrogen-bond donors (Lipinski definition) is 3. The fraction of sp³-hybridized carbons (Fsp3) is 0.429. The normalized spacial score (nSPS) is 12.0. The van der Waals surface area contributed by atoms with Crippen molar-refractivity contribution < 1.29 is 9.59 Å². The second-order valence-electron chi connectivity index (χ2n) is 4.78. The Morgan fingerprint density at radius 1 is 1.37 bits per heavy atom. The minimum absolute atomic E-state index is 0.0899. The predicted octanol–water partition coefficient (Wildman–Crippen LogP) is 0.915. The van der Waals surface area contributed by atoms with Gasteiger partial charge in [0, 0.05) is 11.8 Å². The maximum atomic E-state index is 11.6. The van der Waals surface area contributed by atoms with Gasteiger partial charge in [0.15, 0.2) is 0 Å². The highest BCUT2D eigenvalue weighted by Gasteiger charge is 2.15. The van der Waals surface area contributed by atoms with Crippen LogP contribution in [0.2, 0.25) is 0 Å². The van der Waals surface area contributed by atoms with Crippen LogP contribution in [-0.4, -0.2) is 24.4 Å². The van der Waals surface area contributed by atoms with E-state index >= 15 is 0 Å². The van der Waals surface area contributed by atoms with E-state index in [2.05, 4.69) is 16.7 Å². The summed E-state index contributed by atoms with van der Waals surface area (Å²) >= 11 is 0. The summed E-state index contributed by atoms with van der Waals surface area (Å²) < 4.78 is 0. The number of rotatable bonds is 6. The van der Waals surface area contributed by atoms with Crippen molar-refractivity contribution in [2.45, 2.75) is 26.3 Å². The molecule has 1 aromatic carbocycles. The SMILES string of the molecule is CC(C)CC(N)C(=O)NCC(=O)Nc1[c]cccc1. The molecule has 2 amide bonds. The van der Waals surface area contributed by atoms with Gasteiger partial charge in [0.25, 0.3) is 0 Å². The first-order valence-corrected chi connectivity index (χ1v) is 6.29. The highest BCUT2D eigenvalue weighted by molar-refractivity contribution is 5.95. The van der Waals surface area contributed by atoms with Crippen LogP contribution in [-0.2, 0) is 9.59 Å². The number of anilines is 1. The highest BCUT2D eigenvalue weighted by Crippen LogP contribution is 2.04. The Morgan fingerprint density at radius 3 is 2.68 bits per heavy atom. The van der Waals surface area contributed by atoms with Crippen molar-refractivity contribution in [1.29, 1.82) is 0 Å². The summed E-state index contributed by atoms with van der Waals surface area (Å²) in [6.07, 6.45) is 0.597. The van der Waals surface area contributed by atoms with Crippen molar-refractivity contribution in [1.82, 2.24) is 5.32 Å². The molecule has 0 heterocycles. The van der Waals surface area contributed by atoms with E-state index in [1.807, 2.05) is 19.9 Å².